The second-order valence-electron chi connectivity index (χ2n) is 6.78. The van der Waals surface area contributed by atoms with Crippen LogP contribution in [-0.4, -0.2) is 46.1 Å². The summed E-state index contributed by atoms with van der Waals surface area (Å²) in [6.45, 7) is 3.67. The van der Waals surface area contributed by atoms with Crippen molar-refractivity contribution < 1.29 is 5.11 Å². The Morgan fingerprint density at radius 2 is 1.96 bits per heavy atom. The molecule has 7 heteroatoms. The summed E-state index contributed by atoms with van der Waals surface area (Å²) in [6, 6.07) is 10.8. The maximum absolute atomic E-state index is 9.63. The molecule has 3 N–H and O–H groups in total. The van der Waals surface area contributed by atoms with E-state index in [-0.39, 0.29) is 30.1 Å². The Morgan fingerprint density at radius 3 is 2.59 bits per heavy atom. The molecule has 0 radical (unpaired) electrons. The number of aliphatic hydroxyl groups excluding tert-OH is 1. The average Bonchev–Trinajstić information content (AvgIpc) is 3.19. The van der Waals surface area contributed by atoms with E-state index >= 15 is 0 Å². The number of aromatic nitrogens is 2. The van der Waals surface area contributed by atoms with Gasteiger partial charge < -0.3 is 15.7 Å². The number of halogens is 1. The van der Waals surface area contributed by atoms with Crippen molar-refractivity contribution in [1.82, 2.24) is 20.4 Å². The van der Waals surface area contributed by atoms with Gasteiger partial charge in [0.1, 0.15) is 0 Å². The minimum absolute atomic E-state index is 0. The minimum atomic E-state index is -0.128. The van der Waals surface area contributed by atoms with Crippen molar-refractivity contribution in [2.24, 2.45) is 4.99 Å². The molecule has 27 heavy (non-hydrogen) atoms. The van der Waals surface area contributed by atoms with Gasteiger partial charge in [-0.1, -0.05) is 12.1 Å². The number of benzene rings is 1. The first-order valence-electron chi connectivity index (χ1n) is 9.56. The summed E-state index contributed by atoms with van der Waals surface area (Å²) in [5, 5.41) is 20.7. The van der Waals surface area contributed by atoms with E-state index < -0.39 is 0 Å². The standard InChI is InChI=1S/C20H29N5O.HI/c1-2-21-20(24-17-6-10-19(26)11-7-17)22-14-12-16-4-8-18(9-5-16)25-15-3-13-23-25;/h3-5,8-9,13,15,17,19,26H,2,6-7,10-12,14H2,1H3,(H2,21,22,24);1H. The van der Waals surface area contributed by atoms with Crippen LogP contribution < -0.4 is 10.6 Å². The van der Waals surface area contributed by atoms with Gasteiger partial charge in [-0.3, -0.25) is 4.99 Å². The number of nitrogens with one attached hydrogen (secondary N) is 2. The molecule has 1 aliphatic carbocycles. The van der Waals surface area contributed by atoms with E-state index in [0.29, 0.717) is 6.04 Å². The third kappa shape index (κ3) is 6.80. The Hall–Kier alpha value is -1.61. The monoisotopic (exact) mass is 483 g/mol. The number of aliphatic imine (C=N–C) groups is 1. The van der Waals surface area contributed by atoms with Gasteiger partial charge in [0, 0.05) is 31.5 Å². The molecule has 1 aromatic carbocycles. The molecule has 0 amide bonds. The van der Waals surface area contributed by atoms with Gasteiger partial charge in [0.05, 0.1) is 11.8 Å². The Labute approximate surface area is 178 Å². The molecule has 1 heterocycles. The molecular weight excluding hydrogens is 453 g/mol. The molecule has 0 unspecified atom stereocenters. The quantitative estimate of drug-likeness (QED) is 0.336. The van der Waals surface area contributed by atoms with Crippen LogP contribution in [0.1, 0.15) is 38.2 Å². The van der Waals surface area contributed by atoms with E-state index in [1.807, 2.05) is 16.9 Å². The lowest BCUT2D eigenvalue weighted by Crippen LogP contribution is -2.45. The van der Waals surface area contributed by atoms with Gasteiger partial charge >= 0.3 is 0 Å². The molecule has 1 saturated carbocycles. The molecule has 1 aromatic heterocycles. The van der Waals surface area contributed by atoms with Crippen molar-refractivity contribution >= 4 is 29.9 Å². The molecule has 0 aliphatic heterocycles. The zero-order valence-electron chi connectivity index (χ0n) is 15.8. The third-order valence-corrected chi connectivity index (χ3v) is 4.76. The van der Waals surface area contributed by atoms with Crippen LogP contribution >= 0.6 is 24.0 Å². The fourth-order valence-corrected chi connectivity index (χ4v) is 3.27. The van der Waals surface area contributed by atoms with Crippen molar-refractivity contribution in [2.75, 3.05) is 13.1 Å². The number of hydrogen-bond donors (Lipinski definition) is 3. The van der Waals surface area contributed by atoms with Gasteiger partial charge in [-0.25, -0.2) is 4.68 Å². The summed E-state index contributed by atoms with van der Waals surface area (Å²) in [5.74, 6) is 0.877. The van der Waals surface area contributed by atoms with Crippen molar-refractivity contribution in [3.63, 3.8) is 0 Å². The highest BCUT2D eigenvalue weighted by Crippen LogP contribution is 2.18. The average molecular weight is 483 g/mol. The van der Waals surface area contributed by atoms with Crippen LogP contribution in [0, 0.1) is 0 Å². The molecule has 1 fully saturated rings. The first-order valence-corrected chi connectivity index (χ1v) is 9.56. The smallest absolute Gasteiger partial charge is 0.191 e. The van der Waals surface area contributed by atoms with Crippen molar-refractivity contribution in [1.29, 1.82) is 0 Å². The van der Waals surface area contributed by atoms with Gasteiger partial charge in [-0.15, -0.1) is 24.0 Å². The van der Waals surface area contributed by atoms with E-state index in [2.05, 4.69) is 46.9 Å². The fraction of sp³-hybridized carbons (Fsp3) is 0.500. The second kappa shape index (κ2) is 11.3. The van der Waals surface area contributed by atoms with Crippen LogP contribution in [0.25, 0.3) is 5.69 Å². The number of aliphatic hydroxyl groups is 1. The highest BCUT2D eigenvalue weighted by Gasteiger charge is 2.19. The van der Waals surface area contributed by atoms with Gasteiger partial charge in [0.2, 0.25) is 0 Å². The van der Waals surface area contributed by atoms with E-state index in [0.717, 1.165) is 56.8 Å². The summed E-state index contributed by atoms with van der Waals surface area (Å²) in [4.78, 5) is 4.71. The minimum Gasteiger partial charge on any atom is -0.393 e. The SMILES string of the molecule is CCNC(=NCCc1ccc(-n2cccn2)cc1)NC1CCC(O)CC1.I. The lowest BCUT2D eigenvalue weighted by atomic mass is 9.93. The number of guanidine groups is 1. The maximum Gasteiger partial charge on any atom is 0.191 e. The predicted molar refractivity (Wildman–Crippen MR) is 120 cm³/mol. The Morgan fingerprint density at radius 1 is 1.22 bits per heavy atom. The molecular formula is C20H30IN5O. The largest absolute Gasteiger partial charge is 0.393 e. The summed E-state index contributed by atoms with van der Waals surface area (Å²) in [6.07, 6.45) is 8.25. The van der Waals surface area contributed by atoms with Gasteiger partial charge in [-0.05, 0) is 62.8 Å². The van der Waals surface area contributed by atoms with Crippen LogP contribution in [0.5, 0.6) is 0 Å². The van der Waals surface area contributed by atoms with Crippen molar-refractivity contribution in [3.8, 4) is 5.69 Å². The predicted octanol–water partition coefficient (Wildman–Crippen LogP) is 2.89. The summed E-state index contributed by atoms with van der Waals surface area (Å²) in [5.41, 5.74) is 2.33. The van der Waals surface area contributed by atoms with Gasteiger partial charge in [0.25, 0.3) is 0 Å². The topological polar surface area (TPSA) is 74.5 Å². The number of rotatable bonds is 6. The normalized spacial score (nSPS) is 20.0. The first-order chi connectivity index (χ1) is 12.7. The first kappa shape index (κ1) is 21.7. The zero-order chi connectivity index (χ0) is 18.2. The maximum atomic E-state index is 9.63. The molecule has 0 bridgehead atoms. The number of hydrogen-bond acceptors (Lipinski definition) is 3. The summed E-state index contributed by atoms with van der Waals surface area (Å²) in [7, 11) is 0. The Kier molecular flexibility index (Phi) is 9.06. The molecule has 0 saturated heterocycles. The van der Waals surface area contributed by atoms with Crippen LogP contribution in [0.15, 0.2) is 47.7 Å². The van der Waals surface area contributed by atoms with E-state index in [4.69, 9.17) is 4.99 Å². The molecule has 1 aliphatic rings. The molecule has 0 atom stereocenters. The second-order valence-corrected chi connectivity index (χ2v) is 6.78. The van der Waals surface area contributed by atoms with Crippen LogP contribution in [0.2, 0.25) is 0 Å². The van der Waals surface area contributed by atoms with Crippen LogP contribution in [0.3, 0.4) is 0 Å². The van der Waals surface area contributed by atoms with E-state index in [1.165, 1.54) is 5.56 Å². The number of nitrogens with zero attached hydrogens (tertiary/aromatic N) is 3. The lowest BCUT2D eigenvalue weighted by molar-refractivity contribution is 0.120. The van der Waals surface area contributed by atoms with E-state index in [1.54, 1.807) is 6.20 Å². The Balaban J connectivity index is 0.00000261. The molecule has 6 nitrogen and oxygen atoms in total. The van der Waals surface area contributed by atoms with Crippen molar-refractivity contribution in [3.05, 3.63) is 48.3 Å². The van der Waals surface area contributed by atoms with E-state index in [9.17, 15) is 5.11 Å². The Bertz CT molecular complexity index is 679. The molecule has 3 rings (SSSR count). The summed E-state index contributed by atoms with van der Waals surface area (Å²) < 4.78 is 1.86. The lowest BCUT2D eigenvalue weighted by Gasteiger charge is -2.27. The van der Waals surface area contributed by atoms with Crippen LogP contribution in [0.4, 0.5) is 0 Å². The third-order valence-electron chi connectivity index (χ3n) is 4.76. The van der Waals surface area contributed by atoms with Gasteiger partial charge in [0.15, 0.2) is 5.96 Å². The van der Waals surface area contributed by atoms with Gasteiger partial charge in [-0.2, -0.15) is 5.10 Å². The molecule has 0 spiro atoms. The molecule has 148 valence electrons. The van der Waals surface area contributed by atoms with Crippen LogP contribution in [-0.2, 0) is 6.42 Å². The highest BCUT2D eigenvalue weighted by atomic mass is 127. The fourth-order valence-electron chi connectivity index (χ4n) is 3.27. The van der Waals surface area contributed by atoms with Crippen molar-refractivity contribution in [2.45, 2.75) is 51.2 Å². The highest BCUT2D eigenvalue weighted by molar-refractivity contribution is 14.0. The summed E-state index contributed by atoms with van der Waals surface area (Å²) >= 11 is 0. The molecule has 2 aromatic rings. The zero-order valence-corrected chi connectivity index (χ0v) is 18.2.